The topological polar surface area (TPSA) is 256 Å². The number of ether oxygens (including phenoxy) is 1. The molecule has 0 aliphatic carbocycles. The molecule has 0 fully saturated rings. The number of rotatable bonds is 22. The number of hydrogen-bond donors (Lipinski definition) is 8. The van der Waals surface area contributed by atoms with Gasteiger partial charge in [0.2, 0.25) is 29.4 Å². The molecule has 0 saturated heterocycles. The zero-order valence-corrected chi connectivity index (χ0v) is 32.4. The van der Waals surface area contributed by atoms with Gasteiger partial charge in [-0.2, -0.15) is 0 Å². The maximum Gasteiger partial charge on any atom is 0.245 e. The minimum atomic E-state index is -1.34. The Bertz CT molecular complexity index is 1920. The van der Waals surface area contributed by atoms with Gasteiger partial charge in [0, 0.05) is 31.8 Å². The Labute approximate surface area is 328 Å². The summed E-state index contributed by atoms with van der Waals surface area (Å²) in [6.07, 6.45) is 3.69. The van der Waals surface area contributed by atoms with Gasteiger partial charge in [0.15, 0.2) is 11.0 Å². The normalized spacial score (nSPS) is 13.3. The van der Waals surface area contributed by atoms with Crippen molar-refractivity contribution >= 4 is 56.9 Å². The molecule has 0 aliphatic heterocycles. The van der Waals surface area contributed by atoms with E-state index >= 15 is 0 Å². The van der Waals surface area contributed by atoms with Gasteiger partial charge in [-0.05, 0) is 42.9 Å². The van der Waals surface area contributed by atoms with Crippen LogP contribution in [0.3, 0.4) is 0 Å². The summed E-state index contributed by atoms with van der Waals surface area (Å²) in [5.41, 5.74) is 7.55. The molecule has 4 rings (SSSR count). The number of aliphatic hydroxyl groups is 1. The summed E-state index contributed by atoms with van der Waals surface area (Å²) < 4.78 is 8.35. The van der Waals surface area contributed by atoms with Crippen LogP contribution in [0.4, 0.5) is 0 Å². The summed E-state index contributed by atoms with van der Waals surface area (Å²) in [6.45, 7) is 4.89. The number of carbonyl (C=O) groups is 5. The second-order valence-corrected chi connectivity index (χ2v) is 14.6. The first kappa shape index (κ1) is 43.0. The number of Topliss-reactive ketones (excluding diaryl/α,β-unsaturated/α-hetero) is 1. The van der Waals surface area contributed by atoms with Gasteiger partial charge < -0.3 is 46.7 Å². The Balaban J connectivity index is 1.55. The molecule has 2 aromatic heterocycles. The molecule has 17 nitrogen and oxygen atoms in total. The molecule has 300 valence electrons. The molecule has 4 atom stereocenters. The van der Waals surface area contributed by atoms with Crippen molar-refractivity contribution in [3.05, 3.63) is 83.4 Å². The zero-order chi connectivity index (χ0) is 40.6. The number of amides is 4. The average Bonchev–Trinajstić information content (AvgIpc) is 3.81. The molecule has 2 heterocycles. The van der Waals surface area contributed by atoms with E-state index in [0.717, 1.165) is 10.3 Å². The molecule has 9 N–H and O–H groups in total. The second kappa shape index (κ2) is 21.4. The number of hydrogen-bond acceptors (Lipinski definition) is 11. The van der Waals surface area contributed by atoms with Crippen molar-refractivity contribution in [2.24, 2.45) is 11.7 Å². The number of nitrogens with two attached hydrogens (primary N) is 1. The standard InChI is InChI=1S/C38H50N10O7S/c1-23(2)16-29(34(52)44-28(13-9-15-42-38(39)40)33(51)37-47-27-12-7-8-14-32(27)56-37)45-35(53)30(46-36(54)31(19-49)43-24(3)50)17-26-18-41-21-48(26)22-55-20-25-10-5-4-6-11-25/h4-8,10-12,14,18,21,23,28-31,49H,9,13,15-17,19-20,22H2,1-3H3,(H,43,50)(H,44,52)(H,45,53)(H,46,54)(H4,39,40,42)/t28-,29-,30-,31-/m0/s1. The van der Waals surface area contributed by atoms with Gasteiger partial charge in [-0.1, -0.05) is 56.3 Å². The molecule has 4 aromatic rings. The molecule has 2 aromatic carbocycles. The van der Waals surface area contributed by atoms with Gasteiger partial charge >= 0.3 is 0 Å². The van der Waals surface area contributed by atoms with E-state index in [0.29, 0.717) is 24.2 Å². The third-order valence-electron chi connectivity index (χ3n) is 8.53. The fraction of sp³-hybridized carbons (Fsp3) is 0.421. The monoisotopic (exact) mass is 790 g/mol. The molecule has 18 heteroatoms. The first-order chi connectivity index (χ1) is 26.8. The Kier molecular flexibility index (Phi) is 16.4. The van der Waals surface area contributed by atoms with E-state index in [1.165, 1.54) is 30.8 Å². The van der Waals surface area contributed by atoms with Gasteiger partial charge in [-0.3, -0.25) is 29.4 Å². The minimum Gasteiger partial charge on any atom is -0.394 e. The Morgan fingerprint density at radius 2 is 1.57 bits per heavy atom. The molecule has 4 amide bonds. The number of fused-ring (bicyclic) bond motifs is 1. The lowest BCUT2D eigenvalue weighted by molar-refractivity contribution is -0.134. The number of guanidine groups is 1. The number of nitrogens with zero attached hydrogens (tertiary/aromatic N) is 3. The molecular weight excluding hydrogens is 741 g/mol. The van der Waals surface area contributed by atoms with Gasteiger partial charge in [-0.15, -0.1) is 11.3 Å². The van der Waals surface area contributed by atoms with E-state index in [1.54, 1.807) is 10.6 Å². The first-order valence-corrected chi connectivity index (χ1v) is 19.0. The molecule has 0 aliphatic rings. The molecule has 56 heavy (non-hydrogen) atoms. The van der Waals surface area contributed by atoms with Crippen LogP contribution in [-0.2, 0) is 43.7 Å². The Morgan fingerprint density at radius 1 is 0.911 bits per heavy atom. The molecule has 0 saturated carbocycles. The maximum atomic E-state index is 14.1. The van der Waals surface area contributed by atoms with Crippen LogP contribution in [0.15, 0.2) is 67.1 Å². The Morgan fingerprint density at radius 3 is 2.25 bits per heavy atom. The number of para-hydroxylation sites is 1. The molecule has 0 unspecified atom stereocenters. The van der Waals surface area contributed by atoms with Crippen LogP contribution < -0.4 is 32.3 Å². The first-order valence-electron chi connectivity index (χ1n) is 18.2. The highest BCUT2D eigenvalue weighted by Gasteiger charge is 2.33. The lowest BCUT2D eigenvalue weighted by atomic mass is 10.00. The van der Waals surface area contributed by atoms with E-state index in [2.05, 4.69) is 36.6 Å². The van der Waals surface area contributed by atoms with E-state index in [-0.39, 0.29) is 49.4 Å². The van der Waals surface area contributed by atoms with Gasteiger partial charge in [-0.25, -0.2) is 9.97 Å². The lowest BCUT2D eigenvalue weighted by Gasteiger charge is -2.27. The van der Waals surface area contributed by atoms with Crippen molar-refractivity contribution in [3.8, 4) is 0 Å². The van der Waals surface area contributed by atoms with Crippen molar-refractivity contribution in [1.82, 2.24) is 41.1 Å². The highest BCUT2D eigenvalue weighted by Crippen LogP contribution is 2.23. The van der Waals surface area contributed by atoms with Crippen LogP contribution in [-0.4, -0.2) is 92.3 Å². The summed E-state index contributed by atoms with van der Waals surface area (Å²) in [7, 11) is 0. The van der Waals surface area contributed by atoms with Crippen molar-refractivity contribution in [3.63, 3.8) is 0 Å². The largest absolute Gasteiger partial charge is 0.394 e. The van der Waals surface area contributed by atoms with Gasteiger partial charge in [0.1, 0.15) is 24.9 Å². The highest BCUT2D eigenvalue weighted by molar-refractivity contribution is 7.20. The van der Waals surface area contributed by atoms with E-state index in [9.17, 15) is 29.1 Å². The summed E-state index contributed by atoms with van der Waals surface area (Å²) in [4.78, 5) is 75.7. The fourth-order valence-electron chi connectivity index (χ4n) is 5.77. The molecular formula is C38H50N10O7S. The quantitative estimate of drug-likeness (QED) is 0.0244. The van der Waals surface area contributed by atoms with Crippen LogP contribution in [0.25, 0.3) is 10.2 Å². The number of thiazole rings is 1. The average molecular weight is 791 g/mol. The van der Waals surface area contributed by atoms with Crippen LogP contribution in [0.1, 0.15) is 61.1 Å². The second-order valence-electron chi connectivity index (χ2n) is 13.6. The van der Waals surface area contributed by atoms with Crippen molar-refractivity contribution in [1.29, 1.82) is 5.41 Å². The lowest BCUT2D eigenvalue weighted by Crippen LogP contribution is -2.59. The smallest absolute Gasteiger partial charge is 0.245 e. The summed E-state index contributed by atoms with van der Waals surface area (Å²) in [6, 6.07) is 12.0. The van der Waals surface area contributed by atoms with Crippen molar-refractivity contribution < 1.29 is 33.8 Å². The predicted octanol–water partition coefficient (Wildman–Crippen LogP) is 1.35. The maximum absolute atomic E-state index is 14.1. The van der Waals surface area contributed by atoms with Crippen LogP contribution >= 0.6 is 11.3 Å². The van der Waals surface area contributed by atoms with Crippen LogP contribution in [0.2, 0.25) is 0 Å². The minimum absolute atomic E-state index is 0.0843. The number of benzene rings is 2. The van der Waals surface area contributed by atoms with Crippen molar-refractivity contribution in [2.75, 3.05) is 13.2 Å². The molecule has 0 bridgehead atoms. The highest BCUT2D eigenvalue weighted by atomic mass is 32.1. The van der Waals surface area contributed by atoms with E-state index < -0.39 is 60.2 Å². The third-order valence-corrected chi connectivity index (χ3v) is 9.58. The number of aromatic nitrogens is 3. The van der Waals surface area contributed by atoms with Crippen LogP contribution in [0, 0.1) is 11.3 Å². The summed E-state index contributed by atoms with van der Waals surface area (Å²) >= 11 is 1.21. The number of nitrogens with one attached hydrogen (secondary N) is 6. The van der Waals surface area contributed by atoms with E-state index in [1.807, 2.05) is 62.4 Å². The number of ketones is 1. The van der Waals surface area contributed by atoms with E-state index in [4.69, 9.17) is 15.9 Å². The molecule has 0 radical (unpaired) electrons. The van der Waals surface area contributed by atoms with Crippen molar-refractivity contribution in [2.45, 2.75) is 84.0 Å². The summed E-state index contributed by atoms with van der Waals surface area (Å²) in [5, 5.41) is 30.8. The third kappa shape index (κ3) is 13.2. The Hall–Kier alpha value is -5.72. The van der Waals surface area contributed by atoms with Gasteiger partial charge in [0.05, 0.1) is 35.8 Å². The zero-order valence-electron chi connectivity index (χ0n) is 31.6. The predicted molar refractivity (Wildman–Crippen MR) is 210 cm³/mol. The molecule has 0 spiro atoms. The fourth-order valence-corrected chi connectivity index (χ4v) is 6.73. The van der Waals surface area contributed by atoms with Gasteiger partial charge in [0.25, 0.3) is 0 Å². The SMILES string of the molecule is CC(=O)N[C@@H](CO)C(=O)N[C@@H](Cc1cncn1COCc1ccccc1)C(=O)N[C@@H](CC(C)C)C(=O)N[C@@H](CCCNC(=N)N)C(=O)c1nc2ccccc2s1. The summed E-state index contributed by atoms with van der Waals surface area (Å²) in [5.74, 6) is -3.45. The van der Waals surface area contributed by atoms with Crippen LogP contribution in [0.5, 0.6) is 0 Å². The number of carbonyl (C=O) groups excluding carboxylic acids is 5. The number of aliphatic hydroxyl groups excluding tert-OH is 1. The number of imidazole rings is 1.